The Bertz CT molecular complexity index is 849. The maximum absolute atomic E-state index is 13.0. The molecule has 2 aromatic rings. The molecule has 1 unspecified atom stereocenters. The van der Waals surface area contributed by atoms with Gasteiger partial charge in [0.15, 0.2) is 0 Å². The molecule has 5 heteroatoms. The lowest BCUT2D eigenvalue weighted by molar-refractivity contribution is -0.125. The van der Waals surface area contributed by atoms with Crippen LogP contribution < -0.4 is 5.32 Å². The van der Waals surface area contributed by atoms with Gasteiger partial charge in [-0.05, 0) is 37.3 Å². The Morgan fingerprint density at radius 1 is 1.00 bits per heavy atom. The fourth-order valence-corrected chi connectivity index (χ4v) is 4.09. The lowest BCUT2D eigenvalue weighted by Crippen LogP contribution is -2.54. The summed E-state index contributed by atoms with van der Waals surface area (Å²) in [4.78, 5) is 39.8. The first-order valence-electron chi connectivity index (χ1n) is 9.28. The summed E-state index contributed by atoms with van der Waals surface area (Å²) in [5, 5.41) is 4.56. The number of carbonyl (C=O) groups is 3. The molecule has 1 aliphatic carbocycles. The van der Waals surface area contributed by atoms with Gasteiger partial charge in [-0.25, -0.2) is 0 Å². The van der Waals surface area contributed by atoms with Crippen molar-refractivity contribution in [3.05, 3.63) is 47.5 Å². The Hall–Kier alpha value is -2.69. The fraction of sp³-hybridized carbons (Fsp3) is 0.381. The van der Waals surface area contributed by atoms with E-state index in [2.05, 4.69) is 5.32 Å². The van der Waals surface area contributed by atoms with E-state index in [1.807, 2.05) is 12.1 Å². The summed E-state index contributed by atoms with van der Waals surface area (Å²) in [6.07, 6.45) is 5.34. The van der Waals surface area contributed by atoms with Gasteiger partial charge < -0.3 is 5.32 Å². The Labute approximate surface area is 152 Å². The van der Waals surface area contributed by atoms with Gasteiger partial charge in [0.1, 0.15) is 6.04 Å². The summed E-state index contributed by atoms with van der Waals surface area (Å²) in [7, 11) is 0. The van der Waals surface area contributed by atoms with Gasteiger partial charge in [0.25, 0.3) is 11.8 Å². The molecular formula is C21H22N2O3. The van der Waals surface area contributed by atoms with Crippen LogP contribution >= 0.6 is 0 Å². The van der Waals surface area contributed by atoms with E-state index in [1.54, 1.807) is 31.2 Å². The van der Waals surface area contributed by atoms with Crippen molar-refractivity contribution < 1.29 is 14.4 Å². The summed E-state index contributed by atoms with van der Waals surface area (Å²) in [6.45, 7) is 1.63. The normalized spacial score (nSPS) is 18.9. The highest BCUT2D eigenvalue weighted by atomic mass is 16.2. The minimum absolute atomic E-state index is 0.143. The van der Waals surface area contributed by atoms with Crippen LogP contribution in [0.3, 0.4) is 0 Å². The van der Waals surface area contributed by atoms with Crippen molar-refractivity contribution in [3.8, 4) is 0 Å². The van der Waals surface area contributed by atoms with Crippen LogP contribution in [0, 0.1) is 0 Å². The number of carbonyl (C=O) groups excluding carboxylic acids is 3. The molecule has 134 valence electrons. The number of imide groups is 1. The molecule has 1 N–H and O–H groups in total. The Balaban J connectivity index is 1.64. The number of amides is 3. The molecule has 1 aliphatic heterocycles. The highest BCUT2D eigenvalue weighted by Crippen LogP contribution is 2.31. The van der Waals surface area contributed by atoms with E-state index in [-0.39, 0.29) is 11.9 Å². The predicted molar refractivity (Wildman–Crippen MR) is 98.9 cm³/mol. The monoisotopic (exact) mass is 350 g/mol. The smallest absolute Gasteiger partial charge is 0.262 e. The Morgan fingerprint density at radius 2 is 1.58 bits per heavy atom. The molecule has 0 saturated heterocycles. The largest absolute Gasteiger partial charge is 0.352 e. The second-order valence-corrected chi connectivity index (χ2v) is 7.21. The minimum Gasteiger partial charge on any atom is -0.352 e. The molecule has 0 aromatic heterocycles. The first-order valence-corrected chi connectivity index (χ1v) is 9.28. The van der Waals surface area contributed by atoms with Gasteiger partial charge in [0.05, 0.1) is 0 Å². The fourth-order valence-electron chi connectivity index (χ4n) is 4.09. The maximum atomic E-state index is 13.0. The van der Waals surface area contributed by atoms with Crippen molar-refractivity contribution in [1.82, 2.24) is 10.2 Å². The van der Waals surface area contributed by atoms with Crippen LogP contribution in [0.1, 0.15) is 59.7 Å². The number of hydrogen-bond acceptors (Lipinski definition) is 3. The van der Waals surface area contributed by atoms with Gasteiger partial charge in [0, 0.05) is 22.6 Å². The van der Waals surface area contributed by atoms with E-state index in [9.17, 15) is 14.4 Å². The maximum Gasteiger partial charge on any atom is 0.262 e. The van der Waals surface area contributed by atoms with Crippen molar-refractivity contribution in [2.45, 2.75) is 51.1 Å². The average molecular weight is 350 g/mol. The molecule has 1 fully saturated rings. The molecule has 3 amide bonds. The zero-order valence-corrected chi connectivity index (χ0v) is 14.8. The van der Waals surface area contributed by atoms with Crippen LogP contribution in [0.5, 0.6) is 0 Å². The van der Waals surface area contributed by atoms with Crippen molar-refractivity contribution in [3.63, 3.8) is 0 Å². The molecule has 4 rings (SSSR count). The SMILES string of the molecule is CC(C(=O)NC1CCCCC1)N1C(=O)c2cccc3cccc(c23)C1=O. The highest BCUT2D eigenvalue weighted by molar-refractivity contribution is 6.26. The zero-order chi connectivity index (χ0) is 18.3. The van der Waals surface area contributed by atoms with Crippen molar-refractivity contribution in [2.75, 3.05) is 0 Å². The van der Waals surface area contributed by atoms with E-state index in [1.165, 1.54) is 6.42 Å². The number of benzene rings is 2. The molecule has 1 saturated carbocycles. The second kappa shape index (κ2) is 6.56. The first-order chi connectivity index (χ1) is 12.6. The summed E-state index contributed by atoms with van der Waals surface area (Å²) in [6, 6.07) is 10.1. The number of hydrogen-bond donors (Lipinski definition) is 1. The van der Waals surface area contributed by atoms with Crippen molar-refractivity contribution >= 4 is 28.5 Å². The van der Waals surface area contributed by atoms with Gasteiger partial charge in [-0.15, -0.1) is 0 Å². The standard InChI is InChI=1S/C21H22N2O3/c1-13(19(24)22-15-9-3-2-4-10-15)23-20(25)16-11-5-7-14-8-6-12-17(18(14)16)21(23)26/h5-8,11-13,15H,2-4,9-10H2,1H3,(H,22,24). The van der Waals surface area contributed by atoms with Crippen LogP contribution in [-0.4, -0.2) is 34.7 Å². The number of nitrogens with one attached hydrogen (secondary N) is 1. The first kappa shape index (κ1) is 16.8. The predicted octanol–water partition coefficient (Wildman–Crippen LogP) is 3.27. The van der Waals surface area contributed by atoms with E-state index < -0.39 is 17.9 Å². The van der Waals surface area contributed by atoms with Crippen LogP contribution in [0.4, 0.5) is 0 Å². The van der Waals surface area contributed by atoms with Gasteiger partial charge in [-0.2, -0.15) is 0 Å². The quantitative estimate of drug-likeness (QED) is 0.864. The molecule has 0 radical (unpaired) electrons. The topological polar surface area (TPSA) is 66.5 Å². The molecule has 0 spiro atoms. The summed E-state index contributed by atoms with van der Waals surface area (Å²) in [5.41, 5.74) is 0.963. The van der Waals surface area contributed by atoms with Gasteiger partial charge in [-0.1, -0.05) is 43.5 Å². The van der Waals surface area contributed by atoms with Gasteiger partial charge in [0.2, 0.25) is 5.91 Å². The third-order valence-electron chi connectivity index (χ3n) is 5.52. The summed E-state index contributed by atoms with van der Waals surface area (Å²) < 4.78 is 0. The molecule has 26 heavy (non-hydrogen) atoms. The van der Waals surface area contributed by atoms with Crippen molar-refractivity contribution in [1.29, 1.82) is 0 Å². The molecule has 2 aliphatic rings. The molecular weight excluding hydrogens is 328 g/mol. The van der Waals surface area contributed by atoms with Gasteiger partial charge in [-0.3, -0.25) is 19.3 Å². The Morgan fingerprint density at radius 3 is 2.15 bits per heavy atom. The number of nitrogens with zero attached hydrogens (tertiary/aromatic N) is 1. The summed E-state index contributed by atoms with van der Waals surface area (Å²) in [5.74, 6) is -1.05. The second-order valence-electron chi connectivity index (χ2n) is 7.21. The molecule has 2 aromatic carbocycles. The third kappa shape index (κ3) is 2.68. The summed E-state index contributed by atoms with van der Waals surface area (Å²) >= 11 is 0. The van der Waals surface area contributed by atoms with Gasteiger partial charge >= 0.3 is 0 Å². The van der Waals surface area contributed by atoms with Crippen molar-refractivity contribution in [2.24, 2.45) is 0 Å². The molecule has 1 heterocycles. The average Bonchev–Trinajstić information content (AvgIpc) is 2.66. The van der Waals surface area contributed by atoms with E-state index in [0.29, 0.717) is 16.5 Å². The van der Waals surface area contributed by atoms with Crippen LogP contribution in [0.2, 0.25) is 0 Å². The van der Waals surface area contributed by atoms with E-state index in [0.717, 1.165) is 36.0 Å². The van der Waals surface area contributed by atoms with Crippen LogP contribution in [0.25, 0.3) is 10.8 Å². The minimum atomic E-state index is -0.833. The Kier molecular flexibility index (Phi) is 4.23. The molecule has 5 nitrogen and oxygen atoms in total. The number of rotatable bonds is 3. The van der Waals surface area contributed by atoms with E-state index >= 15 is 0 Å². The van der Waals surface area contributed by atoms with Crippen LogP contribution in [-0.2, 0) is 4.79 Å². The van der Waals surface area contributed by atoms with E-state index in [4.69, 9.17) is 0 Å². The molecule has 1 atom stereocenters. The zero-order valence-electron chi connectivity index (χ0n) is 14.8. The molecule has 0 bridgehead atoms. The highest BCUT2D eigenvalue weighted by Gasteiger charge is 2.38. The lowest BCUT2D eigenvalue weighted by atomic mass is 9.93. The van der Waals surface area contributed by atoms with Crippen LogP contribution in [0.15, 0.2) is 36.4 Å². The lowest BCUT2D eigenvalue weighted by Gasteiger charge is -2.32. The third-order valence-corrected chi connectivity index (χ3v) is 5.52.